The average molecular weight is 501 g/mol. The molecule has 0 unspecified atom stereocenters. The lowest BCUT2D eigenvalue weighted by Crippen LogP contribution is -2.43. The molecule has 7 heteroatoms. The number of aryl methyl sites for hydroxylation is 1. The van der Waals surface area contributed by atoms with Crippen molar-refractivity contribution in [3.63, 3.8) is 0 Å². The van der Waals surface area contributed by atoms with E-state index < -0.39 is 0 Å². The zero-order valence-electron chi connectivity index (χ0n) is 21.5. The van der Waals surface area contributed by atoms with Gasteiger partial charge < -0.3 is 18.6 Å². The minimum Gasteiger partial charge on any atom is -0.464 e. The average Bonchev–Trinajstić information content (AvgIpc) is 3.43. The number of benzene rings is 2. The van der Waals surface area contributed by atoms with Gasteiger partial charge in [0, 0.05) is 13.1 Å². The zero-order chi connectivity index (χ0) is 26.4. The first-order valence-corrected chi connectivity index (χ1v) is 12.5. The van der Waals surface area contributed by atoms with E-state index in [-0.39, 0.29) is 42.6 Å². The predicted octanol–water partition coefficient (Wildman–Crippen LogP) is 5.41. The number of hydrogen-bond donors (Lipinski definition) is 0. The van der Waals surface area contributed by atoms with Crippen molar-refractivity contribution in [2.24, 2.45) is 5.92 Å². The SMILES string of the molecule is Cc1ccc2occ(CN(Cc3ccccc3)C(=O)CN(CCC(C)C)C(=O)c3ccco3)c(=O)c2c1. The zero-order valence-corrected chi connectivity index (χ0v) is 21.5. The molecule has 4 rings (SSSR count). The number of furan rings is 1. The van der Waals surface area contributed by atoms with Crippen LogP contribution in [0.5, 0.6) is 0 Å². The summed E-state index contributed by atoms with van der Waals surface area (Å²) in [5.74, 6) is -0.0552. The van der Waals surface area contributed by atoms with Crippen LogP contribution in [0.2, 0.25) is 0 Å². The smallest absolute Gasteiger partial charge is 0.290 e. The molecular weight excluding hydrogens is 468 g/mol. The summed E-state index contributed by atoms with van der Waals surface area (Å²) in [7, 11) is 0. The molecule has 0 aliphatic rings. The molecule has 0 N–H and O–H groups in total. The van der Waals surface area contributed by atoms with Gasteiger partial charge in [0.2, 0.25) is 5.91 Å². The fourth-order valence-corrected chi connectivity index (χ4v) is 4.12. The number of fused-ring (bicyclic) bond motifs is 1. The van der Waals surface area contributed by atoms with Crippen LogP contribution < -0.4 is 5.43 Å². The van der Waals surface area contributed by atoms with Crippen molar-refractivity contribution in [3.05, 3.63) is 106 Å². The lowest BCUT2D eigenvalue weighted by molar-refractivity contribution is -0.133. The Morgan fingerprint density at radius 2 is 1.70 bits per heavy atom. The summed E-state index contributed by atoms with van der Waals surface area (Å²) in [6.07, 6.45) is 3.61. The fourth-order valence-electron chi connectivity index (χ4n) is 4.12. The highest BCUT2D eigenvalue weighted by atomic mass is 16.3. The molecule has 37 heavy (non-hydrogen) atoms. The van der Waals surface area contributed by atoms with Crippen molar-refractivity contribution >= 4 is 22.8 Å². The lowest BCUT2D eigenvalue weighted by Gasteiger charge is -2.28. The van der Waals surface area contributed by atoms with Crippen molar-refractivity contribution in [2.45, 2.75) is 40.3 Å². The number of amides is 2. The van der Waals surface area contributed by atoms with Crippen LogP contribution in [-0.2, 0) is 17.9 Å². The second-order valence-electron chi connectivity index (χ2n) is 9.71. The highest BCUT2D eigenvalue weighted by Gasteiger charge is 2.25. The number of carbonyl (C=O) groups excluding carboxylic acids is 2. The van der Waals surface area contributed by atoms with Crippen LogP contribution in [-0.4, -0.2) is 34.7 Å². The quantitative estimate of drug-likeness (QED) is 0.291. The molecule has 2 amide bonds. The van der Waals surface area contributed by atoms with E-state index in [1.165, 1.54) is 17.4 Å². The highest BCUT2D eigenvalue weighted by Crippen LogP contribution is 2.17. The van der Waals surface area contributed by atoms with Gasteiger partial charge in [-0.25, -0.2) is 0 Å². The molecule has 4 aromatic rings. The van der Waals surface area contributed by atoms with E-state index in [9.17, 15) is 14.4 Å². The molecule has 0 bridgehead atoms. The molecule has 7 nitrogen and oxygen atoms in total. The minimum absolute atomic E-state index is 0.0624. The summed E-state index contributed by atoms with van der Waals surface area (Å²) in [5.41, 5.74) is 2.59. The minimum atomic E-state index is -0.334. The molecule has 0 aliphatic carbocycles. The second kappa shape index (κ2) is 11.7. The standard InChI is InChI=1S/C30H32N2O5/c1-21(2)13-14-31(30(35)27-10-7-15-36-27)19-28(33)32(17-23-8-5-4-6-9-23)18-24-20-37-26-12-11-22(3)16-25(26)29(24)34/h4-12,15-16,20-21H,13-14,17-19H2,1-3H3. The van der Waals surface area contributed by atoms with E-state index in [2.05, 4.69) is 13.8 Å². The molecule has 0 radical (unpaired) electrons. The molecule has 0 atom stereocenters. The number of nitrogens with zero attached hydrogens (tertiary/aromatic N) is 2. The molecule has 0 fully saturated rings. The molecule has 2 heterocycles. The van der Waals surface area contributed by atoms with Crippen LogP contribution in [0.3, 0.4) is 0 Å². The van der Waals surface area contributed by atoms with Crippen molar-refractivity contribution in [2.75, 3.05) is 13.1 Å². The van der Waals surface area contributed by atoms with Crippen molar-refractivity contribution < 1.29 is 18.4 Å². The Labute approximate surface area is 216 Å². The number of rotatable bonds is 10. The first-order chi connectivity index (χ1) is 17.8. The fraction of sp³-hybridized carbons (Fsp3) is 0.300. The van der Waals surface area contributed by atoms with Gasteiger partial charge in [0.1, 0.15) is 12.1 Å². The van der Waals surface area contributed by atoms with E-state index in [0.29, 0.717) is 29.0 Å². The summed E-state index contributed by atoms with van der Waals surface area (Å²) in [6.45, 7) is 6.69. The van der Waals surface area contributed by atoms with Gasteiger partial charge in [0.05, 0.1) is 30.0 Å². The van der Waals surface area contributed by atoms with Crippen molar-refractivity contribution in [1.29, 1.82) is 0 Å². The Bertz CT molecular complexity index is 1410. The molecule has 0 saturated heterocycles. The van der Waals surface area contributed by atoms with Gasteiger partial charge in [-0.15, -0.1) is 0 Å². The van der Waals surface area contributed by atoms with Gasteiger partial charge in [-0.2, -0.15) is 0 Å². The number of hydrogen-bond acceptors (Lipinski definition) is 5. The van der Waals surface area contributed by atoms with Gasteiger partial charge in [0.25, 0.3) is 5.91 Å². The summed E-state index contributed by atoms with van der Waals surface area (Å²) in [5, 5.41) is 0.483. The largest absolute Gasteiger partial charge is 0.464 e. The van der Waals surface area contributed by atoms with Gasteiger partial charge in [-0.1, -0.05) is 55.8 Å². The highest BCUT2D eigenvalue weighted by molar-refractivity contribution is 5.94. The Morgan fingerprint density at radius 1 is 0.919 bits per heavy atom. The maximum atomic E-state index is 13.7. The Hall–Kier alpha value is -4.13. The predicted molar refractivity (Wildman–Crippen MR) is 142 cm³/mol. The van der Waals surface area contributed by atoms with Gasteiger partial charge in [0.15, 0.2) is 11.2 Å². The van der Waals surface area contributed by atoms with Crippen LogP contribution in [0.25, 0.3) is 11.0 Å². The topological polar surface area (TPSA) is 84.0 Å². The normalized spacial score (nSPS) is 11.1. The van der Waals surface area contributed by atoms with Gasteiger partial charge in [-0.3, -0.25) is 14.4 Å². The second-order valence-corrected chi connectivity index (χ2v) is 9.71. The Kier molecular flexibility index (Phi) is 8.23. The van der Waals surface area contributed by atoms with Gasteiger partial charge in [-0.05, 0) is 49.1 Å². The van der Waals surface area contributed by atoms with E-state index in [1.54, 1.807) is 29.2 Å². The molecule has 2 aromatic carbocycles. The molecule has 192 valence electrons. The third kappa shape index (κ3) is 6.55. The van der Waals surface area contributed by atoms with E-state index >= 15 is 0 Å². The summed E-state index contributed by atoms with van der Waals surface area (Å²) in [4.78, 5) is 43.2. The van der Waals surface area contributed by atoms with Crippen LogP contribution in [0.4, 0.5) is 0 Å². The van der Waals surface area contributed by atoms with E-state index in [4.69, 9.17) is 8.83 Å². The van der Waals surface area contributed by atoms with E-state index in [1.807, 2.05) is 43.3 Å². The molecular formula is C30H32N2O5. The first kappa shape index (κ1) is 25.9. The third-order valence-corrected chi connectivity index (χ3v) is 6.25. The van der Waals surface area contributed by atoms with Crippen LogP contribution >= 0.6 is 0 Å². The monoisotopic (exact) mass is 500 g/mol. The van der Waals surface area contributed by atoms with Gasteiger partial charge >= 0.3 is 0 Å². The third-order valence-electron chi connectivity index (χ3n) is 6.25. The maximum absolute atomic E-state index is 13.7. The van der Waals surface area contributed by atoms with Crippen LogP contribution in [0, 0.1) is 12.8 Å². The van der Waals surface area contributed by atoms with Crippen LogP contribution in [0.15, 0.2) is 86.8 Å². The van der Waals surface area contributed by atoms with Crippen molar-refractivity contribution in [1.82, 2.24) is 9.80 Å². The lowest BCUT2D eigenvalue weighted by atomic mass is 10.1. The Morgan fingerprint density at radius 3 is 2.41 bits per heavy atom. The molecule has 0 saturated carbocycles. The first-order valence-electron chi connectivity index (χ1n) is 12.5. The molecule has 0 aliphatic heterocycles. The summed E-state index contributed by atoms with van der Waals surface area (Å²) in [6, 6.07) is 18.3. The molecule has 0 spiro atoms. The number of carbonyl (C=O) groups is 2. The maximum Gasteiger partial charge on any atom is 0.290 e. The van der Waals surface area contributed by atoms with Crippen molar-refractivity contribution in [3.8, 4) is 0 Å². The molecule has 2 aromatic heterocycles. The summed E-state index contributed by atoms with van der Waals surface area (Å²) >= 11 is 0. The Balaban J connectivity index is 1.63. The van der Waals surface area contributed by atoms with E-state index in [0.717, 1.165) is 17.5 Å². The van der Waals surface area contributed by atoms with Crippen LogP contribution in [0.1, 0.15) is 47.5 Å². The summed E-state index contributed by atoms with van der Waals surface area (Å²) < 4.78 is 11.0.